The van der Waals surface area contributed by atoms with E-state index >= 15 is 0 Å². The lowest BCUT2D eigenvalue weighted by molar-refractivity contribution is 0.0526. The quantitative estimate of drug-likeness (QED) is 0.529. The Labute approximate surface area is 164 Å². The van der Waals surface area contributed by atoms with E-state index in [9.17, 15) is 9.90 Å². The summed E-state index contributed by atoms with van der Waals surface area (Å²) in [5.74, 6) is 4.74. The number of hydrogen-bond acceptors (Lipinski definition) is 3. The lowest BCUT2D eigenvalue weighted by Gasteiger charge is -2.14. The third kappa shape index (κ3) is 3.75. The maximum atomic E-state index is 12.4. The summed E-state index contributed by atoms with van der Waals surface area (Å²) < 4.78 is 5.15. The Kier molecular flexibility index (Phi) is 5.49. The first-order valence-corrected chi connectivity index (χ1v) is 8.75. The van der Waals surface area contributed by atoms with Crippen LogP contribution < -0.4 is 0 Å². The lowest BCUT2D eigenvalue weighted by atomic mass is 9.93. The summed E-state index contributed by atoms with van der Waals surface area (Å²) in [7, 11) is 0. The van der Waals surface area contributed by atoms with Crippen LogP contribution in [0.15, 0.2) is 60.7 Å². The highest BCUT2D eigenvalue weighted by molar-refractivity contribution is 5.95. The molecule has 0 spiro atoms. The van der Waals surface area contributed by atoms with Gasteiger partial charge in [-0.3, -0.25) is 0 Å². The van der Waals surface area contributed by atoms with Gasteiger partial charge in [-0.15, -0.1) is 12.8 Å². The molecule has 0 saturated heterocycles. The summed E-state index contributed by atoms with van der Waals surface area (Å²) in [6.45, 7) is 2.01. The van der Waals surface area contributed by atoms with Crippen molar-refractivity contribution in [2.45, 2.75) is 6.92 Å². The van der Waals surface area contributed by atoms with Crippen LogP contribution in [0.5, 0.6) is 5.75 Å². The van der Waals surface area contributed by atoms with Gasteiger partial charge in [0.2, 0.25) is 0 Å². The molecule has 3 rings (SSSR count). The van der Waals surface area contributed by atoms with Gasteiger partial charge in [-0.25, -0.2) is 4.79 Å². The van der Waals surface area contributed by atoms with E-state index in [1.54, 1.807) is 43.3 Å². The molecule has 0 heterocycles. The lowest BCUT2D eigenvalue weighted by Crippen LogP contribution is -2.05. The molecule has 3 aromatic rings. The van der Waals surface area contributed by atoms with E-state index in [1.807, 2.05) is 24.3 Å². The summed E-state index contributed by atoms with van der Waals surface area (Å²) in [4.78, 5) is 12.4. The van der Waals surface area contributed by atoms with Crippen LogP contribution in [0.2, 0.25) is 0 Å². The Bertz CT molecular complexity index is 1010. The van der Waals surface area contributed by atoms with E-state index in [-0.39, 0.29) is 12.4 Å². The van der Waals surface area contributed by atoms with Crippen molar-refractivity contribution < 1.29 is 14.6 Å². The highest BCUT2D eigenvalue weighted by Crippen LogP contribution is 2.39. The predicted molar refractivity (Wildman–Crippen MR) is 111 cm³/mol. The molecular weight excluding hydrogens is 348 g/mol. The van der Waals surface area contributed by atoms with Crippen LogP contribution >= 0.6 is 0 Å². The fourth-order valence-electron chi connectivity index (χ4n) is 2.90. The fourth-order valence-corrected chi connectivity index (χ4v) is 2.90. The smallest absolute Gasteiger partial charge is 0.338 e. The summed E-state index contributed by atoms with van der Waals surface area (Å²) in [5, 5.41) is 11.0. The normalized spacial score (nSPS) is 9.96. The minimum atomic E-state index is -0.453. The maximum Gasteiger partial charge on any atom is 0.338 e. The number of aromatic hydroxyl groups is 1. The molecule has 0 aliphatic heterocycles. The van der Waals surface area contributed by atoms with E-state index < -0.39 is 5.97 Å². The van der Waals surface area contributed by atoms with Gasteiger partial charge < -0.3 is 9.84 Å². The van der Waals surface area contributed by atoms with E-state index in [0.29, 0.717) is 16.7 Å². The molecule has 0 bridgehead atoms. The van der Waals surface area contributed by atoms with Crippen molar-refractivity contribution in [1.82, 2.24) is 0 Å². The molecule has 0 amide bonds. The van der Waals surface area contributed by atoms with E-state index in [2.05, 4.69) is 11.8 Å². The summed E-state index contributed by atoms with van der Waals surface area (Å²) >= 11 is 0. The number of esters is 1. The SMILES string of the molecule is C#Cc1ccc(-c2cc(C(=O)OCC)cc(-c3ccc(C#C)cc3)c2O)cc1. The molecule has 1 N–H and O–H groups in total. The van der Waals surface area contributed by atoms with Crippen LogP contribution in [0, 0.1) is 24.7 Å². The average Bonchev–Trinajstić information content (AvgIpc) is 2.74. The van der Waals surface area contributed by atoms with Gasteiger partial charge in [0.25, 0.3) is 0 Å². The average molecular weight is 366 g/mol. The van der Waals surface area contributed by atoms with Crippen molar-refractivity contribution in [2.24, 2.45) is 0 Å². The molecule has 3 aromatic carbocycles. The molecule has 0 fully saturated rings. The van der Waals surface area contributed by atoms with Crippen molar-refractivity contribution in [1.29, 1.82) is 0 Å². The van der Waals surface area contributed by atoms with Gasteiger partial charge in [0.15, 0.2) is 0 Å². The number of phenolic OH excluding ortho intramolecular Hbond substituents is 1. The summed E-state index contributed by atoms with van der Waals surface area (Å²) in [6.07, 6.45) is 10.8. The minimum Gasteiger partial charge on any atom is -0.507 e. The van der Waals surface area contributed by atoms with E-state index in [0.717, 1.165) is 22.3 Å². The Balaban J connectivity index is 2.20. The zero-order chi connectivity index (χ0) is 20.1. The number of rotatable bonds is 4. The third-order valence-electron chi connectivity index (χ3n) is 4.35. The molecule has 0 saturated carbocycles. The molecule has 0 aromatic heterocycles. The van der Waals surface area contributed by atoms with Crippen LogP contribution in [-0.4, -0.2) is 17.7 Å². The van der Waals surface area contributed by atoms with E-state index in [1.165, 1.54) is 0 Å². The Hall–Kier alpha value is -3.95. The highest BCUT2D eigenvalue weighted by atomic mass is 16.5. The van der Waals surface area contributed by atoms with Crippen molar-refractivity contribution >= 4 is 5.97 Å². The molecule has 3 heteroatoms. The minimum absolute atomic E-state index is 0.0648. The number of benzene rings is 3. The highest BCUT2D eigenvalue weighted by Gasteiger charge is 2.17. The summed E-state index contributed by atoms with van der Waals surface area (Å²) in [5.41, 5.74) is 4.33. The number of carbonyl (C=O) groups excluding carboxylic acids is 1. The molecule has 3 nitrogen and oxygen atoms in total. The first kappa shape index (κ1) is 18.8. The molecule has 0 aliphatic carbocycles. The van der Waals surface area contributed by atoms with Crippen LogP contribution in [0.1, 0.15) is 28.4 Å². The second-order valence-electron chi connectivity index (χ2n) is 6.08. The van der Waals surface area contributed by atoms with Gasteiger partial charge in [-0.2, -0.15) is 0 Å². The van der Waals surface area contributed by atoms with Crippen LogP contribution in [0.25, 0.3) is 22.3 Å². The standard InChI is InChI=1S/C25H18O3/c1-4-17-7-11-19(12-8-17)22-15-21(25(27)28-6-3)16-23(24(22)26)20-13-9-18(5-2)10-14-20/h1-2,7-16,26H,6H2,3H3. The van der Waals surface area contributed by atoms with Crippen LogP contribution in [0.3, 0.4) is 0 Å². The number of phenols is 1. The zero-order valence-corrected chi connectivity index (χ0v) is 15.4. The predicted octanol–water partition coefficient (Wildman–Crippen LogP) is 4.87. The van der Waals surface area contributed by atoms with Gasteiger partial charge in [0.05, 0.1) is 12.2 Å². The second-order valence-corrected chi connectivity index (χ2v) is 6.08. The molecule has 0 unspecified atom stereocenters. The van der Waals surface area contributed by atoms with Gasteiger partial charge in [-0.1, -0.05) is 36.1 Å². The van der Waals surface area contributed by atoms with Crippen LogP contribution in [0.4, 0.5) is 0 Å². The monoisotopic (exact) mass is 366 g/mol. The number of terminal acetylenes is 2. The second kappa shape index (κ2) is 8.16. The first-order valence-electron chi connectivity index (χ1n) is 8.75. The number of hydrogen-bond donors (Lipinski definition) is 1. The Morgan fingerprint density at radius 1 is 0.893 bits per heavy atom. The van der Waals surface area contributed by atoms with Crippen LogP contribution in [-0.2, 0) is 4.74 Å². The molecule has 28 heavy (non-hydrogen) atoms. The molecule has 0 atom stereocenters. The molecular formula is C25H18O3. The summed E-state index contributed by atoms with van der Waals surface area (Å²) in [6, 6.07) is 17.6. The number of ether oxygens (including phenoxy) is 1. The van der Waals surface area contributed by atoms with Crippen molar-refractivity contribution in [3.05, 3.63) is 77.4 Å². The first-order chi connectivity index (χ1) is 13.6. The van der Waals surface area contributed by atoms with Gasteiger partial charge in [-0.05, 0) is 54.4 Å². The zero-order valence-electron chi connectivity index (χ0n) is 15.4. The molecule has 0 aliphatic rings. The van der Waals surface area contributed by atoms with Crippen molar-refractivity contribution in [3.63, 3.8) is 0 Å². The van der Waals surface area contributed by atoms with Gasteiger partial charge in [0.1, 0.15) is 5.75 Å². The molecule has 0 radical (unpaired) electrons. The molecule has 136 valence electrons. The van der Waals surface area contributed by atoms with Gasteiger partial charge in [0, 0.05) is 22.3 Å². The fraction of sp³-hybridized carbons (Fsp3) is 0.0800. The Morgan fingerprint density at radius 2 is 1.32 bits per heavy atom. The maximum absolute atomic E-state index is 12.4. The van der Waals surface area contributed by atoms with Crippen molar-refractivity contribution in [2.75, 3.05) is 6.61 Å². The largest absolute Gasteiger partial charge is 0.507 e. The Morgan fingerprint density at radius 3 is 1.68 bits per heavy atom. The topological polar surface area (TPSA) is 46.5 Å². The van der Waals surface area contributed by atoms with Gasteiger partial charge >= 0.3 is 5.97 Å². The third-order valence-corrected chi connectivity index (χ3v) is 4.35. The van der Waals surface area contributed by atoms with Crippen molar-refractivity contribution in [3.8, 4) is 52.7 Å². The number of carbonyl (C=O) groups is 1. The van der Waals surface area contributed by atoms with E-state index in [4.69, 9.17) is 17.6 Å².